The molecule has 0 aliphatic rings. The van der Waals surface area contributed by atoms with E-state index < -0.39 is 0 Å². The van der Waals surface area contributed by atoms with Crippen molar-refractivity contribution < 1.29 is 9.53 Å². The fourth-order valence-electron chi connectivity index (χ4n) is 2.40. The highest BCUT2D eigenvalue weighted by atomic mass is 32.1. The maximum Gasteiger partial charge on any atom is 0.263 e. The molecule has 1 heterocycles. The van der Waals surface area contributed by atoms with E-state index in [2.05, 4.69) is 10.3 Å². The summed E-state index contributed by atoms with van der Waals surface area (Å²) in [5.74, 6) is 0.750. The maximum atomic E-state index is 12.3. The van der Waals surface area contributed by atoms with Gasteiger partial charge in [-0.05, 0) is 18.1 Å². The number of hydrogen-bond acceptors (Lipinski definition) is 4. The fourth-order valence-corrected chi connectivity index (χ4v) is 3.24. The minimum absolute atomic E-state index is 0.0930. The van der Waals surface area contributed by atoms with E-state index >= 15 is 0 Å². The number of aromatic nitrogens is 1. The molecule has 0 saturated heterocycles. The van der Waals surface area contributed by atoms with Crippen LogP contribution in [-0.4, -0.2) is 24.5 Å². The molecular weight excluding hydrogens is 320 g/mol. The molecule has 24 heavy (non-hydrogen) atoms. The maximum absolute atomic E-state index is 12.3. The van der Waals surface area contributed by atoms with Crippen LogP contribution in [0.5, 0.6) is 5.75 Å². The Labute approximate surface area is 145 Å². The van der Waals surface area contributed by atoms with Gasteiger partial charge in [0.1, 0.15) is 15.6 Å². The van der Waals surface area contributed by atoms with Crippen molar-refractivity contribution in [2.75, 3.05) is 13.7 Å². The zero-order valence-electron chi connectivity index (χ0n) is 13.4. The average molecular weight is 338 g/mol. The van der Waals surface area contributed by atoms with E-state index in [0.29, 0.717) is 11.4 Å². The van der Waals surface area contributed by atoms with Gasteiger partial charge in [-0.25, -0.2) is 4.98 Å². The molecule has 1 amide bonds. The molecule has 0 unspecified atom stereocenters. The number of carbonyl (C=O) groups is 1. The van der Waals surface area contributed by atoms with Gasteiger partial charge in [-0.3, -0.25) is 4.79 Å². The van der Waals surface area contributed by atoms with Gasteiger partial charge in [-0.1, -0.05) is 48.5 Å². The molecule has 2 aromatic carbocycles. The van der Waals surface area contributed by atoms with Crippen LogP contribution in [0.2, 0.25) is 0 Å². The summed E-state index contributed by atoms with van der Waals surface area (Å²) in [6, 6.07) is 17.7. The van der Waals surface area contributed by atoms with E-state index in [0.717, 1.165) is 28.3 Å². The van der Waals surface area contributed by atoms with Crippen LogP contribution < -0.4 is 10.1 Å². The summed E-state index contributed by atoms with van der Waals surface area (Å²) in [4.78, 5) is 17.2. The summed E-state index contributed by atoms with van der Waals surface area (Å²) in [6.45, 7) is 0.553. The Morgan fingerprint density at radius 2 is 1.88 bits per heavy atom. The van der Waals surface area contributed by atoms with Gasteiger partial charge in [0, 0.05) is 12.1 Å². The van der Waals surface area contributed by atoms with Crippen molar-refractivity contribution in [3.05, 3.63) is 71.2 Å². The third-order valence-corrected chi connectivity index (χ3v) is 4.67. The molecule has 0 fully saturated rings. The third-order valence-electron chi connectivity index (χ3n) is 3.62. The molecule has 0 bridgehead atoms. The average Bonchev–Trinajstić information content (AvgIpc) is 3.13. The van der Waals surface area contributed by atoms with Crippen LogP contribution in [0.25, 0.3) is 10.6 Å². The van der Waals surface area contributed by atoms with Crippen molar-refractivity contribution >= 4 is 17.2 Å². The quantitative estimate of drug-likeness (QED) is 0.744. The molecule has 0 aliphatic carbocycles. The van der Waals surface area contributed by atoms with Gasteiger partial charge < -0.3 is 10.1 Å². The number of carbonyl (C=O) groups excluding carboxylic acids is 1. The number of nitrogens with zero attached hydrogens (tertiary/aromatic N) is 1. The van der Waals surface area contributed by atoms with Crippen LogP contribution in [0, 0.1) is 0 Å². The van der Waals surface area contributed by atoms with E-state index in [1.54, 1.807) is 13.3 Å². The lowest BCUT2D eigenvalue weighted by Gasteiger charge is -2.08. The van der Waals surface area contributed by atoms with Crippen LogP contribution in [0.15, 0.2) is 60.8 Å². The van der Waals surface area contributed by atoms with Crippen LogP contribution in [0.1, 0.15) is 15.2 Å². The van der Waals surface area contributed by atoms with Gasteiger partial charge in [0.15, 0.2) is 0 Å². The molecule has 0 saturated carbocycles. The Bertz CT molecular complexity index is 815. The lowest BCUT2D eigenvalue weighted by atomic mass is 10.1. The van der Waals surface area contributed by atoms with Crippen molar-refractivity contribution in [2.45, 2.75) is 6.42 Å². The highest BCUT2D eigenvalue weighted by Gasteiger charge is 2.11. The molecule has 3 rings (SSSR count). The summed E-state index contributed by atoms with van der Waals surface area (Å²) < 4.78 is 5.32. The van der Waals surface area contributed by atoms with Crippen LogP contribution >= 0.6 is 11.3 Å². The smallest absolute Gasteiger partial charge is 0.263 e. The molecule has 0 atom stereocenters. The number of hydrogen-bond donors (Lipinski definition) is 1. The minimum atomic E-state index is -0.0930. The summed E-state index contributed by atoms with van der Waals surface area (Å²) in [5, 5.41) is 3.79. The monoisotopic (exact) mass is 338 g/mol. The largest absolute Gasteiger partial charge is 0.496 e. The standard InChI is InChI=1S/C19H18N2O2S/c1-23-16-10-6-5-7-14(16)11-12-20-18(22)17-13-21-19(24-17)15-8-3-2-4-9-15/h2-10,13H,11-12H2,1H3,(H,20,22). The summed E-state index contributed by atoms with van der Waals surface area (Å²) in [7, 11) is 1.65. The van der Waals surface area contributed by atoms with E-state index in [4.69, 9.17) is 4.74 Å². The summed E-state index contributed by atoms with van der Waals surface area (Å²) >= 11 is 1.40. The van der Waals surface area contributed by atoms with Crippen molar-refractivity contribution in [3.8, 4) is 16.3 Å². The van der Waals surface area contributed by atoms with Gasteiger partial charge >= 0.3 is 0 Å². The summed E-state index contributed by atoms with van der Waals surface area (Å²) in [6.07, 6.45) is 2.35. The first-order valence-electron chi connectivity index (χ1n) is 7.69. The second kappa shape index (κ2) is 7.75. The van der Waals surface area contributed by atoms with Crippen LogP contribution in [0.4, 0.5) is 0 Å². The molecule has 0 spiro atoms. The Hall–Kier alpha value is -2.66. The molecule has 1 aromatic heterocycles. The topological polar surface area (TPSA) is 51.2 Å². The molecule has 122 valence electrons. The molecule has 3 aromatic rings. The molecule has 0 aliphatic heterocycles. The number of ether oxygens (including phenoxy) is 1. The number of amides is 1. The Morgan fingerprint density at radius 3 is 2.67 bits per heavy atom. The van der Waals surface area contributed by atoms with Crippen molar-refractivity contribution in [3.63, 3.8) is 0 Å². The van der Waals surface area contributed by atoms with Gasteiger partial charge in [0.25, 0.3) is 5.91 Å². The first-order chi connectivity index (χ1) is 11.8. The van der Waals surface area contributed by atoms with E-state index in [9.17, 15) is 4.79 Å². The second-order valence-electron chi connectivity index (χ2n) is 5.21. The Balaban J connectivity index is 1.59. The van der Waals surface area contributed by atoms with E-state index in [-0.39, 0.29) is 5.91 Å². The predicted octanol–water partition coefficient (Wildman–Crippen LogP) is 3.79. The fraction of sp³-hybridized carbons (Fsp3) is 0.158. The van der Waals surface area contributed by atoms with Gasteiger partial charge in [0.2, 0.25) is 0 Å². The second-order valence-corrected chi connectivity index (χ2v) is 6.24. The normalized spacial score (nSPS) is 10.4. The lowest BCUT2D eigenvalue weighted by Crippen LogP contribution is -2.24. The third kappa shape index (κ3) is 3.81. The zero-order valence-corrected chi connectivity index (χ0v) is 14.2. The van der Waals surface area contributed by atoms with Crippen LogP contribution in [0.3, 0.4) is 0 Å². The number of thiazole rings is 1. The molecular formula is C19H18N2O2S. The van der Waals surface area contributed by atoms with Crippen molar-refractivity contribution in [1.29, 1.82) is 0 Å². The first kappa shape index (κ1) is 16.2. The Kier molecular flexibility index (Phi) is 5.23. The number of para-hydroxylation sites is 1. The minimum Gasteiger partial charge on any atom is -0.496 e. The molecule has 4 nitrogen and oxygen atoms in total. The van der Waals surface area contributed by atoms with E-state index in [1.807, 2.05) is 54.6 Å². The zero-order chi connectivity index (χ0) is 16.8. The number of benzene rings is 2. The van der Waals surface area contributed by atoms with Gasteiger partial charge in [0.05, 0.1) is 13.3 Å². The van der Waals surface area contributed by atoms with Gasteiger partial charge in [-0.2, -0.15) is 0 Å². The van der Waals surface area contributed by atoms with Crippen LogP contribution in [-0.2, 0) is 6.42 Å². The predicted molar refractivity (Wildman–Crippen MR) is 96.6 cm³/mol. The lowest BCUT2D eigenvalue weighted by molar-refractivity contribution is 0.0958. The number of rotatable bonds is 6. The van der Waals surface area contributed by atoms with Crippen molar-refractivity contribution in [2.24, 2.45) is 0 Å². The molecule has 0 radical (unpaired) electrons. The number of methoxy groups -OCH3 is 1. The first-order valence-corrected chi connectivity index (χ1v) is 8.51. The number of nitrogens with one attached hydrogen (secondary N) is 1. The molecule has 1 N–H and O–H groups in total. The molecule has 5 heteroatoms. The van der Waals surface area contributed by atoms with Gasteiger partial charge in [-0.15, -0.1) is 11.3 Å². The Morgan fingerprint density at radius 1 is 1.12 bits per heavy atom. The summed E-state index contributed by atoms with van der Waals surface area (Å²) in [5.41, 5.74) is 2.10. The SMILES string of the molecule is COc1ccccc1CCNC(=O)c1cnc(-c2ccccc2)s1. The van der Waals surface area contributed by atoms with Crippen molar-refractivity contribution in [1.82, 2.24) is 10.3 Å². The highest BCUT2D eigenvalue weighted by molar-refractivity contribution is 7.16. The highest BCUT2D eigenvalue weighted by Crippen LogP contribution is 2.24. The van der Waals surface area contributed by atoms with E-state index in [1.165, 1.54) is 11.3 Å².